The first kappa shape index (κ1) is 22.5. The van der Waals surface area contributed by atoms with E-state index >= 15 is 0 Å². The van der Waals surface area contributed by atoms with Crippen LogP contribution in [0.2, 0.25) is 0 Å². The zero-order valence-electron chi connectivity index (χ0n) is 18.4. The third-order valence-electron chi connectivity index (χ3n) is 5.83. The zero-order valence-corrected chi connectivity index (χ0v) is 19.2. The number of nitrogens with two attached hydrogens (primary N) is 1. The fraction of sp³-hybridized carbons (Fsp3) is 0.304. The van der Waals surface area contributed by atoms with Crippen LogP contribution in [-0.4, -0.2) is 65.9 Å². The second-order valence-corrected chi connectivity index (χ2v) is 8.89. The number of aliphatic hydroxyl groups is 2. The van der Waals surface area contributed by atoms with Gasteiger partial charge in [-0.2, -0.15) is 11.8 Å². The van der Waals surface area contributed by atoms with Crippen LogP contribution >= 0.6 is 11.8 Å². The average molecular weight is 481 g/mol. The van der Waals surface area contributed by atoms with Crippen molar-refractivity contribution in [2.24, 2.45) is 0 Å². The van der Waals surface area contributed by atoms with Gasteiger partial charge in [-0.15, -0.1) is 0 Å². The number of benzene rings is 1. The molecule has 4 aromatic rings. The molecule has 11 heteroatoms. The molecule has 1 aromatic carbocycles. The molecule has 0 amide bonds. The first-order valence-electron chi connectivity index (χ1n) is 10.7. The highest BCUT2D eigenvalue weighted by molar-refractivity contribution is 7.98. The zero-order chi connectivity index (χ0) is 23.7. The number of ether oxygens (including phenoxy) is 2. The summed E-state index contributed by atoms with van der Waals surface area (Å²) < 4.78 is 13.2. The summed E-state index contributed by atoms with van der Waals surface area (Å²) in [4.78, 5) is 17.0. The van der Waals surface area contributed by atoms with Crippen LogP contribution in [0.5, 0.6) is 5.88 Å². The van der Waals surface area contributed by atoms with Crippen molar-refractivity contribution >= 4 is 28.6 Å². The molecule has 4 N–H and O–H groups in total. The van der Waals surface area contributed by atoms with E-state index in [1.807, 2.05) is 30.3 Å². The number of methoxy groups -OCH3 is 1. The first-order chi connectivity index (χ1) is 16.6. The first-order valence-corrected chi connectivity index (χ1v) is 11.8. The third kappa shape index (κ3) is 4.07. The number of aromatic nitrogens is 5. The summed E-state index contributed by atoms with van der Waals surface area (Å²) >= 11 is 1.54. The maximum absolute atomic E-state index is 10.7. The summed E-state index contributed by atoms with van der Waals surface area (Å²) in [5.41, 5.74) is 9.07. The van der Waals surface area contributed by atoms with Crippen molar-refractivity contribution in [3.8, 4) is 17.1 Å². The van der Waals surface area contributed by atoms with Crippen molar-refractivity contribution in [1.29, 1.82) is 0 Å². The van der Waals surface area contributed by atoms with E-state index in [4.69, 9.17) is 15.2 Å². The standard InChI is InChI=1S/C23H24N6O4S/c1-32-22-15(17(25-11-28-22)13-5-3-2-4-6-13)9-34-10-16-18(30)19(31)23(33-16)29-8-7-14-20(24)26-12-27-21(14)29/h2-8,11-12,16,18-19,23,30-31H,9-10H2,1H3,(H2,24,26,27)/t16-,18-,19-,23-/m1/s1. The molecule has 3 aromatic heterocycles. The second kappa shape index (κ2) is 9.55. The molecule has 34 heavy (non-hydrogen) atoms. The molecule has 0 radical (unpaired) electrons. The molecule has 1 aliphatic rings. The van der Waals surface area contributed by atoms with E-state index in [0.29, 0.717) is 34.2 Å². The van der Waals surface area contributed by atoms with E-state index in [1.54, 1.807) is 35.7 Å². The van der Waals surface area contributed by atoms with Crippen LogP contribution in [0, 0.1) is 0 Å². The molecule has 4 heterocycles. The summed E-state index contributed by atoms with van der Waals surface area (Å²) in [6.07, 6.45) is 1.02. The van der Waals surface area contributed by atoms with Crippen molar-refractivity contribution in [3.05, 3.63) is 60.8 Å². The van der Waals surface area contributed by atoms with Gasteiger partial charge in [0.1, 0.15) is 36.3 Å². The van der Waals surface area contributed by atoms with Crippen LogP contribution in [-0.2, 0) is 10.5 Å². The molecule has 4 atom stereocenters. The van der Waals surface area contributed by atoms with Crippen molar-refractivity contribution in [1.82, 2.24) is 24.5 Å². The van der Waals surface area contributed by atoms with Gasteiger partial charge < -0.3 is 30.0 Å². The number of nitrogens with zero attached hydrogens (tertiary/aromatic N) is 5. The van der Waals surface area contributed by atoms with Crippen LogP contribution in [0.3, 0.4) is 0 Å². The summed E-state index contributed by atoms with van der Waals surface area (Å²) in [6, 6.07) is 11.6. The molecule has 0 unspecified atom stereocenters. The molecular weight excluding hydrogens is 456 g/mol. The topological polar surface area (TPSA) is 141 Å². The highest BCUT2D eigenvalue weighted by Gasteiger charge is 2.44. The number of nitrogen functional groups attached to an aromatic ring is 1. The van der Waals surface area contributed by atoms with Crippen molar-refractivity contribution in [3.63, 3.8) is 0 Å². The molecular formula is C23H24N6O4S. The Morgan fingerprint density at radius 1 is 1.06 bits per heavy atom. The lowest BCUT2D eigenvalue weighted by molar-refractivity contribution is -0.0285. The predicted octanol–water partition coefficient (Wildman–Crippen LogP) is 2.03. The fourth-order valence-electron chi connectivity index (χ4n) is 4.12. The minimum Gasteiger partial charge on any atom is -0.481 e. The molecule has 5 rings (SSSR count). The lowest BCUT2D eigenvalue weighted by Crippen LogP contribution is -2.32. The van der Waals surface area contributed by atoms with Gasteiger partial charge in [0.05, 0.1) is 29.9 Å². The quantitative estimate of drug-likeness (QED) is 0.360. The minimum atomic E-state index is -1.12. The van der Waals surface area contributed by atoms with Crippen LogP contribution in [0.4, 0.5) is 5.82 Å². The molecule has 10 nitrogen and oxygen atoms in total. The van der Waals surface area contributed by atoms with Gasteiger partial charge in [-0.05, 0) is 6.07 Å². The molecule has 0 bridgehead atoms. The smallest absolute Gasteiger partial charge is 0.220 e. The van der Waals surface area contributed by atoms with Gasteiger partial charge in [0.15, 0.2) is 6.23 Å². The van der Waals surface area contributed by atoms with Gasteiger partial charge in [-0.25, -0.2) is 19.9 Å². The van der Waals surface area contributed by atoms with Gasteiger partial charge in [-0.3, -0.25) is 0 Å². The van der Waals surface area contributed by atoms with Crippen LogP contribution in [0.25, 0.3) is 22.3 Å². The van der Waals surface area contributed by atoms with E-state index in [1.165, 1.54) is 12.7 Å². The predicted molar refractivity (Wildman–Crippen MR) is 128 cm³/mol. The van der Waals surface area contributed by atoms with Crippen LogP contribution < -0.4 is 10.5 Å². The lowest BCUT2D eigenvalue weighted by atomic mass is 10.1. The van der Waals surface area contributed by atoms with Gasteiger partial charge in [0, 0.05) is 23.3 Å². The van der Waals surface area contributed by atoms with E-state index in [2.05, 4.69) is 19.9 Å². The maximum atomic E-state index is 10.7. The Morgan fingerprint density at radius 3 is 2.65 bits per heavy atom. The molecule has 0 aliphatic carbocycles. The normalized spacial score (nSPS) is 22.3. The van der Waals surface area contributed by atoms with Gasteiger partial charge in [0.25, 0.3) is 0 Å². The lowest BCUT2D eigenvalue weighted by Gasteiger charge is -2.17. The molecule has 0 saturated carbocycles. The minimum absolute atomic E-state index is 0.345. The molecule has 176 valence electrons. The Balaban J connectivity index is 1.32. The number of aliphatic hydroxyl groups excluding tert-OH is 2. The van der Waals surface area contributed by atoms with E-state index in [-0.39, 0.29) is 0 Å². The summed E-state index contributed by atoms with van der Waals surface area (Å²) in [6.45, 7) is 0. The number of anilines is 1. The highest BCUT2D eigenvalue weighted by atomic mass is 32.2. The second-order valence-electron chi connectivity index (χ2n) is 7.86. The molecule has 1 fully saturated rings. The van der Waals surface area contributed by atoms with E-state index < -0.39 is 24.5 Å². The Kier molecular flexibility index (Phi) is 6.33. The van der Waals surface area contributed by atoms with E-state index in [0.717, 1.165) is 16.8 Å². The summed E-state index contributed by atoms with van der Waals surface area (Å²) in [5, 5.41) is 22.0. The van der Waals surface area contributed by atoms with Crippen LogP contribution in [0.15, 0.2) is 55.2 Å². The molecule has 0 spiro atoms. The molecule has 1 saturated heterocycles. The van der Waals surface area contributed by atoms with Crippen LogP contribution in [0.1, 0.15) is 11.8 Å². The Bertz CT molecular complexity index is 1290. The fourth-order valence-corrected chi connectivity index (χ4v) is 5.21. The monoisotopic (exact) mass is 480 g/mol. The van der Waals surface area contributed by atoms with Gasteiger partial charge in [-0.1, -0.05) is 30.3 Å². The maximum Gasteiger partial charge on any atom is 0.220 e. The van der Waals surface area contributed by atoms with Crippen molar-refractivity contribution < 1.29 is 19.7 Å². The van der Waals surface area contributed by atoms with Crippen molar-refractivity contribution in [2.75, 3.05) is 18.6 Å². The summed E-state index contributed by atoms with van der Waals surface area (Å²) in [5.74, 6) is 1.83. The van der Waals surface area contributed by atoms with Crippen molar-refractivity contribution in [2.45, 2.75) is 30.3 Å². The number of hydrogen-bond donors (Lipinski definition) is 3. The highest BCUT2D eigenvalue weighted by Crippen LogP contribution is 2.36. The summed E-state index contributed by atoms with van der Waals surface area (Å²) in [7, 11) is 1.58. The van der Waals surface area contributed by atoms with E-state index in [9.17, 15) is 10.2 Å². The van der Waals surface area contributed by atoms with Gasteiger partial charge in [0.2, 0.25) is 5.88 Å². The third-order valence-corrected chi connectivity index (χ3v) is 6.88. The number of fused-ring (bicyclic) bond motifs is 1. The Labute approximate surface area is 199 Å². The van der Waals surface area contributed by atoms with Gasteiger partial charge >= 0.3 is 0 Å². The number of hydrogen-bond acceptors (Lipinski definition) is 10. The number of thioether (sulfide) groups is 1. The largest absolute Gasteiger partial charge is 0.481 e. The Hall–Kier alpha value is -3.25. The number of rotatable bonds is 7. The molecule has 1 aliphatic heterocycles. The SMILES string of the molecule is COc1ncnc(-c2ccccc2)c1CSC[C@H]1O[C@@H](n2ccc3c(N)ncnc32)[C@H](O)[C@@H]1O. The average Bonchev–Trinajstić information content (AvgIpc) is 3.42. The Morgan fingerprint density at radius 2 is 1.85 bits per heavy atom.